The molecule has 0 atom stereocenters. The predicted molar refractivity (Wildman–Crippen MR) is 118 cm³/mol. The number of nitrogens with zero attached hydrogens (tertiary/aromatic N) is 1. The van der Waals surface area contributed by atoms with Crippen LogP contribution in [0, 0.1) is 0 Å². The van der Waals surface area contributed by atoms with Crippen LogP contribution < -0.4 is 0 Å². The largest absolute Gasteiger partial charge is 0.256 e. The molecule has 4 aromatic carbocycles. The first-order valence-electron chi connectivity index (χ1n) is 8.96. The SMILES string of the molecule is c1ccc2[se]ccc2c1.c1ccc2cc3cc4ncccc4cc3cc2c1. The summed E-state index contributed by atoms with van der Waals surface area (Å²) in [6.07, 6.45) is 1.84. The molecule has 0 aliphatic heterocycles. The monoisotopic (exact) mass is 411 g/mol. The van der Waals surface area contributed by atoms with Gasteiger partial charge in [0, 0.05) is 11.6 Å². The molecule has 0 N–H and O–H groups in total. The molecule has 6 aromatic rings. The van der Waals surface area contributed by atoms with E-state index in [4.69, 9.17) is 0 Å². The molecular weight excluding hydrogens is 393 g/mol. The van der Waals surface area contributed by atoms with Gasteiger partial charge in [-0.1, -0.05) is 30.3 Å². The summed E-state index contributed by atoms with van der Waals surface area (Å²) in [6, 6.07) is 32.2. The van der Waals surface area contributed by atoms with Gasteiger partial charge in [0.15, 0.2) is 0 Å². The zero-order valence-electron chi connectivity index (χ0n) is 14.7. The van der Waals surface area contributed by atoms with E-state index >= 15 is 0 Å². The summed E-state index contributed by atoms with van der Waals surface area (Å²) >= 11 is 0.622. The average Bonchev–Trinajstić information content (AvgIpc) is 3.20. The Labute approximate surface area is 163 Å². The molecular formula is C25H17NSe. The molecule has 2 heteroatoms. The van der Waals surface area contributed by atoms with E-state index in [1.165, 1.54) is 36.6 Å². The molecule has 128 valence electrons. The van der Waals surface area contributed by atoms with Crippen molar-refractivity contribution < 1.29 is 0 Å². The third kappa shape index (κ3) is 3.26. The normalized spacial score (nSPS) is 11.0. The molecule has 0 saturated heterocycles. The first-order valence-corrected chi connectivity index (χ1v) is 10.8. The van der Waals surface area contributed by atoms with Crippen LogP contribution in [0.2, 0.25) is 0 Å². The van der Waals surface area contributed by atoms with E-state index in [9.17, 15) is 0 Å². The smallest absolute Gasteiger partial charge is 0.0708 e. The minimum atomic E-state index is 0.622. The van der Waals surface area contributed by atoms with Crippen LogP contribution in [0.1, 0.15) is 0 Å². The second-order valence-corrected chi connectivity index (χ2v) is 8.54. The van der Waals surface area contributed by atoms with Gasteiger partial charge in [-0.3, -0.25) is 4.98 Å². The third-order valence-electron chi connectivity index (χ3n) is 4.79. The molecule has 0 bridgehead atoms. The summed E-state index contributed by atoms with van der Waals surface area (Å²) in [4.78, 5) is 6.67. The van der Waals surface area contributed by atoms with Crippen molar-refractivity contribution in [2.24, 2.45) is 0 Å². The molecule has 0 spiro atoms. The summed E-state index contributed by atoms with van der Waals surface area (Å²) in [5, 5.41) is 7.69. The van der Waals surface area contributed by atoms with E-state index < -0.39 is 0 Å². The summed E-state index contributed by atoms with van der Waals surface area (Å²) < 4.78 is 1.52. The van der Waals surface area contributed by atoms with Crippen LogP contribution in [0.4, 0.5) is 0 Å². The Morgan fingerprint density at radius 1 is 0.519 bits per heavy atom. The number of benzene rings is 4. The molecule has 0 unspecified atom stereocenters. The van der Waals surface area contributed by atoms with Gasteiger partial charge in [-0.2, -0.15) is 0 Å². The van der Waals surface area contributed by atoms with Crippen molar-refractivity contribution in [1.29, 1.82) is 0 Å². The van der Waals surface area contributed by atoms with E-state index in [1.54, 1.807) is 0 Å². The van der Waals surface area contributed by atoms with Gasteiger partial charge in [0.05, 0.1) is 5.52 Å². The molecule has 1 nitrogen and oxygen atoms in total. The van der Waals surface area contributed by atoms with Crippen molar-refractivity contribution in [1.82, 2.24) is 4.98 Å². The Morgan fingerprint density at radius 3 is 1.93 bits per heavy atom. The van der Waals surface area contributed by atoms with Crippen molar-refractivity contribution in [3.05, 3.63) is 102 Å². The number of rotatable bonds is 0. The fourth-order valence-electron chi connectivity index (χ4n) is 3.42. The van der Waals surface area contributed by atoms with Crippen LogP contribution in [-0.4, -0.2) is 19.5 Å². The molecule has 0 amide bonds. The fraction of sp³-hybridized carbons (Fsp3) is 0. The second-order valence-electron chi connectivity index (χ2n) is 6.55. The van der Waals surface area contributed by atoms with Gasteiger partial charge in [-0.15, -0.1) is 0 Å². The first-order chi connectivity index (χ1) is 13.4. The van der Waals surface area contributed by atoms with Crippen molar-refractivity contribution >= 4 is 56.6 Å². The van der Waals surface area contributed by atoms with Gasteiger partial charge >= 0.3 is 59.4 Å². The van der Waals surface area contributed by atoms with Gasteiger partial charge in [0.1, 0.15) is 0 Å². The molecule has 27 heavy (non-hydrogen) atoms. The molecule has 0 aliphatic rings. The maximum absolute atomic E-state index is 4.41. The zero-order chi connectivity index (χ0) is 18.1. The van der Waals surface area contributed by atoms with Crippen LogP contribution in [-0.2, 0) is 0 Å². The first kappa shape index (κ1) is 16.3. The molecule has 0 aliphatic carbocycles. The van der Waals surface area contributed by atoms with E-state index in [2.05, 4.69) is 94.9 Å². The summed E-state index contributed by atoms with van der Waals surface area (Å²) in [6.45, 7) is 0. The van der Waals surface area contributed by atoms with Crippen LogP contribution in [0.15, 0.2) is 102 Å². The Morgan fingerprint density at radius 2 is 1.15 bits per heavy atom. The number of pyridine rings is 1. The minimum Gasteiger partial charge on any atom is -0.256 e. The van der Waals surface area contributed by atoms with Gasteiger partial charge < -0.3 is 0 Å². The van der Waals surface area contributed by atoms with Crippen LogP contribution in [0.3, 0.4) is 0 Å². The Balaban J connectivity index is 0.000000149. The molecule has 6 rings (SSSR count). The summed E-state index contributed by atoms with van der Waals surface area (Å²) in [5.41, 5.74) is 1.06. The van der Waals surface area contributed by atoms with Gasteiger partial charge in [-0.25, -0.2) is 0 Å². The van der Waals surface area contributed by atoms with Gasteiger partial charge in [0.25, 0.3) is 0 Å². The maximum Gasteiger partial charge on any atom is 0.0708 e. The van der Waals surface area contributed by atoms with Gasteiger partial charge in [0.2, 0.25) is 0 Å². The molecule has 0 saturated carbocycles. The standard InChI is InChI=1S/C17H11N.C8H6Se/c1-2-5-13-9-16-11-17-14(6-3-7-18-17)10-15(16)8-12(13)4-1;1-2-4-8-7(3-1)5-6-9-8/h1-11H;1-6H. The maximum atomic E-state index is 4.41. The van der Waals surface area contributed by atoms with E-state index in [0.29, 0.717) is 14.5 Å². The van der Waals surface area contributed by atoms with E-state index in [1.807, 2.05) is 12.3 Å². The number of hydrogen-bond acceptors (Lipinski definition) is 1. The van der Waals surface area contributed by atoms with Crippen molar-refractivity contribution in [2.75, 3.05) is 0 Å². The Bertz CT molecular complexity index is 1210. The Hall–Kier alpha value is -2.93. The van der Waals surface area contributed by atoms with Gasteiger partial charge in [-0.05, 0) is 51.9 Å². The third-order valence-corrected chi connectivity index (χ3v) is 6.67. The number of fused-ring (bicyclic) bond motifs is 4. The van der Waals surface area contributed by atoms with Crippen molar-refractivity contribution in [3.63, 3.8) is 0 Å². The van der Waals surface area contributed by atoms with E-state index in [-0.39, 0.29) is 0 Å². The molecule has 2 aromatic heterocycles. The zero-order valence-corrected chi connectivity index (χ0v) is 16.4. The summed E-state index contributed by atoms with van der Waals surface area (Å²) in [5.74, 6) is 0. The van der Waals surface area contributed by atoms with Crippen molar-refractivity contribution in [2.45, 2.75) is 0 Å². The van der Waals surface area contributed by atoms with Crippen LogP contribution in [0.25, 0.3) is 42.1 Å². The van der Waals surface area contributed by atoms with Crippen LogP contribution in [0.5, 0.6) is 0 Å². The number of aromatic nitrogens is 1. The average molecular weight is 410 g/mol. The second kappa shape index (κ2) is 7.00. The summed E-state index contributed by atoms with van der Waals surface area (Å²) in [7, 11) is 0. The molecule has 2 heterocycles. The fourth-order valence-corrected chi connectivity index (χ4v) is 5.08. The Kier molecular flexibility index (Phi) is 4.21. The minimum absolute atomic E-state index is 0.622. The van der Waals surface area contributed by atoms with Crippen molar-refractivity contribution in [3.8, 4) is 0 Å². The molecule has 0 fully saturated rings. The molecule has 0 radical (unpaired) electrons. The number of hydrogen-bond donors (Lipinski definition) is 0. The van der Waals surface area contributed by atoms with Crippen LogP contribution >= 0.6 is 0 Å². The van der Waals surface area contributed by atoms with E-state index in [0.717, 1.165) is 5.52 Å². The topological polar surface area (TPSA) is 12.9 Å². The quantitative estimate of drug-likeness (QED) is 0.207. The predicted octanol–water partition coefficient (Wildman–Crippen LogP) is 6.44.